The van der Waals surface area contributed by atoms with Gasteiger partial charge in [0.15, 0.2) is 0 Å². The largest absolute Gasteiger partial charge is 0.550 e. The molecule has 0 saturated carbocycles. The fourth-order valence-corrected chi connectivity index (χ4v) is 8.73. The standard InChI is InChI=1S/C24H44P.C2H4O2/c1-4-7-10-16-21-25(22-17-11-8-5-2,23-18-12-9-6-3)24-19-14-13-15-20-24;1-2(3)4/h13-15,19-20H,4-12,16-18,21-23H2,1-3H3;1H3,(H,3,4)/q+1;/p-1. The first-order chi connectivity index (χ1) is 14.0. The van der Waals surface area contributed by atoms with Crippen molar-refractivity contribution in [3.63, 3.8) is 0 Å². The molecular formula is C26H47O2P. The maximum Gasteiger partial charge on any atom is 0.0939 e. The van der Waals surface area contributed by atoms with Gasteiger partial charge in [-0.3, -0.25) is 0 Å². The van der Waals surface area contributed by atoms with Crippen LogP contribution in [-0.2, 0) is 4.79 Å². The van der Waals surface area contributed by atoms with Crippen molar-refractivity contribution >= 4 is 18.5 Å². The van der Waals surface area contributed by atoms with Crippen LogP contribution in [0, 0.1) is 0 Å². The third-order valence-corrected chi connectivity index (χ3v) is 10.5. The lowest BCUT2D eigenvalue weighted by Crippen LogP contribution is -2.21. The first-order valence-corrected chi connectivity index (χ1v) is 14.5. The molecule has 0 atom stereocenters. The number of carbonyl (C=O) groups excluding carboxylic acids is 1. The van der Waals surface area contributed by atoms with E-state index >= 15 is 0 Å². The van der Waals surface area contributed by atoms with Crippen LogP contribution < -0.4 is 10.4 Å². The lowest BCUT2D eigenvalue weighted by atomic mass is 10.2. The van der Waals surface area contributed by atoms with E-state index in [0.29, 0.717) is 0 Å². The highest BCUT2D eigenvalue weighted by Crippen LogP contribution is 2.59. The molecule has 168 valence electrons. The normalized spacial score (nSPS) is 11.0. The molecule has 29 heavy (non-hydrogen) atoms. The Bertz CT molecular complexity index is 451. The van der Waals surface area contributed by atoms with Gasteiger partial charge in [-0.25, -0.2) is 0 Å². The number of aliphatic carboxylic acids is 1. The first-order valence-electron chi connectivity index (χ1n) is 12.1. The molecule has 1 rings (SSSR count). The minimum absolute atomic E-state index is 0.969. The maximum absolute atomic E-state index is 8.89. The van der Waals surface area contributed by atoms with Crippen molar-refractivity contribution in [3.05, 3.63) is 30.3 Å². The summed E-state index contributed by atoms with van der Waals surface area (Å²) in [6, 6.07) is 11.7. The van der Waals surface area contributed by atoms with Gasteiger partial charge in [0.2, 0.25) is 0 Å². The average molecular weight is 423 g/mol. The van der Waals surface area contributed by atoms with Crippen molar-refractivity contribution in [2.75, 3.05) is 18.5 Å². The summed E-state index contributed by atoms with van der Waals surface area (Å²) in [4.78, 5) is 8.89. The van der Waals surface area contributed by atoms with Crippen molar-refractivity contribution in [3.8, 4) is 0 Å². The molecule has 2 nitrogen and oxygen atoms in total. The second-order valence-corrected chi connectivity index (χ2v) is 12.5. The summed E-state index contributed by atoms with van der Waals surface area (Å²) in [7, 11) is -0.969. The van der Waals surface area contributed by atoms with Gasteiger partial charge in [0.05, 0.1) is 23.8 Å². The Kier molecular flexibility index (Phi) is 18.5. The van der Waals surface area contributed by atoms with Crippen LogP contribution >= 0.6 is 7.26 Å². The zero-order chi connectivity index (χ0) is 21.8. The van der Waals surface area contributed by atoms with Gasteiger partial charge < -0.3 is 9.90 Å². The molecule has 0 aromatic heterocycles. The summed E-state index contributed by atoms with van der Waals surface area (Å²) >= 11 is 0. The lowest BCUT2D eigenvalue weighted by molar-refractivity contribution is -0.302. The number of carboxylic acids is 1. The molecule has 0 fully saturated rings. The van der Waals surface area contributed by atoms with Crippen LogP contribution in [-0.4, -0.2) is 24.5 Å². The Balaban J connectivity index is 0.00000178. The van der Waals surface area contributed by atoms with E-state index in [1.807, 2.05) is 0 Å². The molecule has 0 saturated heterocycles. The molecule has 1 aromatic carbocycles. The Morgan fingerprint density at radius 2 is 1.03 bits per heavy atom. The molecule has 0 spiro atoms. The van der Waals surface area contributed by atoms with Gasteiger partial charge in [0.25, 0.3) is 0 Å². The van der Waals surface area contributed by atoms with Gasteiger partial charge in [-0.1, -0.05) is 77.5 Å². The van der Waals surface area contributed by atoms with E-state index in [4.69, 9.17) is 9.90 Å². The number of rotatable bonds is 16. The van der Waals surface area contributed by atoms with Crippen molar-refractivity contribution in [1.29, 1.82) is 0 Å². The van der Waals surface area contributed by atoms with E-state index in [-0.39, 0.29) is 0 Å². The van der Waals surface area contributed by atoms with E-state index in [1.165, 1.54) is 95.5 Å². The first kappa shape index (κ1) is 28.1. The van der Waals surface area contributed by atoms with Crippen molar-refractivity contribution in [2.24, 2.45) is 0 Å². The molecule has 0 heterocycles. The fourth-order valence-electron chi connectivity index (χ4n) is 3.99. The van der Waals surface area contributed by atoms with Gasteiger partial charge in [0, 0.05) is 13.2 Å². The van der Waals surface area contributed by atoms with Crippen molar-refractivity contribution in [2.45, 2.75) is 105 Å². The smallest absolute Gasteiger partial charge is 0.0939 e. The SMILES string of the molecule is CC(=O)[O-].CCCCCC[P+](CCCCCC)(CCCCCC)c1ccccc1. The van der Waals surface area contributed by atoms with Crippen molar-refractivity contribution in [1.82, 2.24) is 0 Å². The number of carbonyl (C=O) groups is 1. The van der Waals surface area contributed by atoms with E-state index in [9.17, 15) is 0 Å². The van der Waals surface area contributed by atoms with Crippen LogP contribution in [0.2, 0.25) is 0 Å². The third-order valence-electron chi connectivity index (χ3n) is 5.62. The number of benzene rings is 1. The highest BCUT2D eigenvalue weighted by molar-refractivity contribution is 7.82. The molecule has 0 radical (unpaired) electrons. The van der Waals surface area contributed by atoms with Crippen LogP contribution in [0.25, 0.3) is 0 Å². The number of hydrogen-bond donors (Lipinski definition) is 0. The van der Waals surface area contributed by atoms with E-state index in [2.05, 4.69) is 51.1 Å². The lowest BCUT2D eigenvalue weighted by Gasteiger charge is -2.28. The molecule has 0 N–H and O–H groups in total. The Hall–Kier alpha value is -0.880. The van der Waals surface area contributed by atoms with Crippen LogP contribution in [0.15, 0.2) is 30.3 Å². The second-order valence-electron chi connectivity index (χ2n) is 8.33. The predicted molar refractivity (Wildman–Crippen MR) is 131 cm³/mol. The Morgan fingerprint density at radius 3 is 1.34 bits per heavy atom. The monoisotopic (exact) mass is 422 g/mol. The summed E-state index contributed by atoms with van der Waals surface area (Å²) in [6.07, 6.45) is 21.5. The molecule has 0 aliphatic rings. The second kappa shape index (κ2) is 19.1. The molecule has 0 unspecified atom stereocenters. The highest BCUT2D eigenvalue weighted by Gasteiger charge is 2.38. The minimum Gasteiger partial charge on any atom is -0.550 e. The van der Waals surface area contributed by atoms with Crippen LogP contribution in [0.5, 0.6) is 0 Å². The fraction of sp³-hybridized carbons (Fsp3) is 0.731. The number of hydrogen-bond acceptors (Lipinski definition) is 2. The van der Waals surface area contributed by atoms with Crippen LogP contribution in [0.4, 0.5) is 0 Å². The number of carboxylic acid groups (broad SMARTS) is 1. The van der Waals surface area contributed by atoms with E-state index in [0.717, 1.165) is 6.92 Å². The van der Waals surface area contributed by atoms with Crippen LogP contribution in [0.1, 0.15) is 105 Å². The maximum atomic E-state index is 8.89. The molecule has 0 bridgehead atoms. The molecule has 0 aliphatic heterocycles. The van der Waals surface area contributed by atoms with Gasteiger partial charge in [0.1, 0.15) is 0 Å². The molecule has 1 aromatic rings. The van der Waals surface area contributed by atoms with E-state index in [1.54, 1.807) is 5.30 Å². The highest BCUT2D eigenvalue weighted by atomic mass is 31.2. The summed E-state index contributed by atoms with van der Waals surface area (Å²) < 4.78 is 0. The topological polar surface area (TPSA) is 40.1 Å². The third kappa shape index (κ3) is 14.7. The average Bonchev–Trinajstić information content (AvgIpc) is 2.71. The summed E-state index contributed by atoms with van der Waals surface area (Å²) in [5.41, 5.74) is 0. The molecular weight excluding hydrogens is 375 g/mol. The van der Waals surface area contributed by atoms with Gasteiger partial charge in [-0.2, -0.15) is 0 Å². The Morgan fingerprint density at radius 1 is 0.690 bits per heavy atom. The van der Waals surface area contributed by atoms with Gasteiger partial charge in [-0.05, 0) is 57.6 Å². The summed E-state index contributed by atoms with van der Waals surface area (Å²) in [5.74, 6) is -1.08. The van der Waals surface area contributed by atoms with Gasteiger partial charge in [-0.15, -0.1) is 0 Å². The molecule has 0 amide bonds. The van der Waals surface area contributed by atoms with Crippen molar-refractivity contribution < 1.29 is 9.90 Å². The predicted octanol–water partition coefficient (Wildman–Crippen LogP) is 6.83. The quantitative estimate of drug-likeness (QED) is 0.216. The summed E-state index contributed by atoms with van der Waals surface area (Å²) in [6.45, 7) is 7.96. The molecule has 0 aliphatic carbocycles. The van der Waals surface area contributed by atoms with Crippen LogP contribution in [0.3, 0.4) is 0 Å². The molecule has 3 heteroatoms. The zero-order valence-electron chi connectivity index (χ0n) is 19.8. The van der Waals surface area contributed by atoms with E-state index < -0.39 is 13.2 Å². The minimum atomic E-state index is -1.08. The Labute approximate surface area is 182 Å². The summed E-state index contributed by atoms with van der Waals surface area (Å²) in [5, 5.41) is 10.6. The zero-order valence-corrected chi connectivity index (χ0v) is 20.7. The van der Waals surface area contributed by atoms with Gasteiger partial charge >= 0.3 is 0 Å². The number of unbranched alkanes of at least 4 members (excludes halogenated alkanes) is 9.